The maximum Gasteiger partial charge on any atom is 0.251 e. The lowest BCUT2D eigenvalue weighted by Crippen LogP contribution is -2.23. The minimum absolute atomic E-state index is 0.162. The molecular weight excluding hydrogens is 304 g/mol. The zero-order valence-electron chi connectivity index (χ0n) is 13.6. The first-order chi connectivity index (χ1) is 11.7. The topological polar surface area (TPSA) is 69.0 Å². The monoisotopic (exact) mass is 322 g/mol. The Kier molecular flexibility index (Phi) is 4.56. The van der Waals surface area contributed by atoms with E-state index >= 15 is 0 Å². The summed E-state index contributed by atoms with van der Waals surface area (Å²) in [4.78, 5) is 16.3. The number of aryl methyl sites for hydroxylation is 1. The van der Waals surface area contributed by atoms with Gasteiger partial charge in [-0.05, 0) is 36.4 Å². The van der Waals surface area contributed by atoms with Crippen molar-refractivity contribution in [2.75, 3.05) is 7.11 Å². The number of nitrogens with one attached hydrogen (secondary N) is 1. The van der Waals surface area contributed by atoms with Crippen LogP contribution in [0.2, 0.25) is 0 Å². The second kappa shape index (κ2) is 6.95. The zero-order valence-corrected chi connectivity index (χ0v) is 13.6. The number of hydrogen-bond donors (Lipinski definition) is 1. The number of carbonyl (C=O) groups excluding carboxylic acids is 1. The molecule has 0 aliphatic heterocycles. The maximum absolute atomic E-state index is 12.2. The fourth-order valence-electron chi connectivity index (χ4n) is 2.44. The second-order valence-electron chi connectivity index (χ2n) is 5.30. The highest BCUT2D eigenvalue weighted by atomic mass is 16.5. The summed E-state index contributed by atoms with van der Waals surface area (Å²) in [6.45, 7) is 0.356. The third-order valence-electron chi connectivity index (χ3n) is 3.67. The van der Waals surface area contributed by atoms with E-state index in [1.54, 1.807) is 48.5 Å². The number of ether oxygens (including phenoxy) is 1. The van der Waals surface area contributed by atoms with Crippen molar-refractivity contribution in [1.29, 1.82) is 0 Å². The minimum Gasteiger partial charge on any atom is -0.497 e. The van der Waals surface area contributed by atoms with Crippen molar-refractivity contribution in [2.45, 2.75) is 6.54 Å². The number of methoxy groups -OCH3 is 1. The highest BCUT2D eigenvalue weighted by molar-refractivity contribution is 5.94. The van der Waals surface area contributed by atoms with Gasteiger partial charge in [0.1, 0.15) is 5.75 Å². The van der Waals surface area contributed by atoms with E-state index in [9.17, 15) is 4.79 Å². The van der Waals surface area contributed by atoms with Gasteiger partial charge in [-0.15, -0.1) is 0 Å². The Labute approximate surface area is 140 Å². The third-order valence-corrected chi connectivity index (χ3v) is 3.67. The number of pyridine rings is 1. The molecule has 0 fully saturated rings. The summed E-state index contributed by atoms with van der Waals surface area (Å²) in [5.74, 6) is 0.491. The lowest BCUT2D eigenvalue weighted by molar-refractivity contribution is 0.0950. The Morgan fingerprint density at radius 3 is 2.75 bits per heavy atom. The van der Waals surface area contributed by atoms with E-state index in [1.807, 2.05) is 25.2 Å². The van der Waals surface area contributed by atoms with E-state index in [1.165, 1.54) is 0 Å². The van der Waals surface area contributed by atoms with Gasteiger partial charge in [0.2, 0.25) is 0 Å². The summed E-state index contributed by atoms with van der Waals surface area (Å²) >= 11 is 0. The average Bonchev–Trinajstić information content (AvgIpc) is 3.01. The first-order valence-corrected chi connectivity index (χ1v) is 7.53. The van der Waals surface area contributed by atoms with Gasteiger partial charge in [0.25, 0.3) is 5.91 Å². The van der Waals surface area contributed by atoms with E-state index in [4.69, 9.17) is 4.74 Å². The van der Waals surface area contributed by atoms with Crippen LogP contribution in [0, 0.1) is 0 Å². The number of amides is 1. The van der Waals surface area contributed by atoms with Gasteiger partial charge < -0.3 is 10.1 Å². The fourth-order valence-corrected chi connectivity index (χ4v) is 2.44. The van der Waals surface area contributed by atoms with Crippen LogP contribution >= 0.6 is 0 Å². The molecule has 0 spiro atoms. The van der Waals surface area contributed by atoms with Gasteiger partial charge in [-0.1, -0.05) is 6.07 Å². The summed E-state index contributed by atoms with van der Waals surface area (Å²) in [7, 11) is 3.45. The van der Waals surface area contributed by atoms with Crippen molar-refractivity contribution < 1.29 is 9.53 Å². The standard InChI is InChI=1S/C18H18N4O2/c1-22-17(13-6-8-19-9-7-13)11-15(21-22)12-20-18(23)14-4-3-5-16(10-14)24-2/h3-11H,12H2,1-2H3,(H,20,23). The first kappa shape index (κ1) is 15.7. The van der Waals surface area contributed by atoms with E-state index in [2.05, 4.69) is 15.4 Å². The largest absolute Gasteiger partial charge is 0.497 e. The smallest absolute Gasteiger partial charge is 0.251 e. The van der Waals surface area contributed by atoms with Gasteiger partial charge in [0.15, 0.2) is 0 Å². The molecule has 3 aromatic rings. The van der Waals surface area contributed by atoms with Gasteiger partial charge in [0, 0.05) is 30.6 Å². The number of rotatable bonds is 5. The Bertz CT molecular complexity index is 843. The Morgan fingerprint density at radius 2 is 2.00 bits per heavy atom. The number of nitrogens with zero attached hydrogens (tertiary/aromatic N) is 3. The van der Waals surface area contributed by atoms with Crippen molar-refractivity contribution in [3.8, 4) is 17.0 Å². The lowest BCUT2D eigenvalue weighted by Gasteiger charge is -2.05. The first-order valence-electron chi connectivity index (χ1n) is 7.53. The molecule has 0 saturated heterocycles. The number of hydrogen-bond acceptors (Lipinski definition) is 4. The molecule has 24 heavy (non-hydrogen) atoms. The lowest BCUT2D eigenvalue weighted by atomic mass is 10.2. The van der Waals surface area contributed by atoms with Crippen molar-refractivity contribution in [2.24, 2.45) is 7.05 Å². The molecular formula is C18H18N4O2. The van der Waals surface area contributed by atoms with E-state index in [-0.39, 0.29) is 5.91 Å². The van der Waals surface area contributed by atoms with Crippen LogP contribution in [-0.2, 0) is 13.6 Å². The molecule has 0 bridgehead atoms. The molecule has 0 unspecified atom stereocenters. The van der Waals surface area contributed by atoms with Crippen molar-refractivity contribution >= 4 is 5.91 Å². The molecule has 0 saturated carbocycles. The van der Waals surface area contributed by atoms with Gasteiger partial charge >= 0.3 is 0 Å². The molecule has 2 aromatic heterocycles. The molecule has 0 aliphatic carbocycles. The van der Waals surface area contributed by atoms with Gasteiger partial charge in [0.05, 0.1) is 25.0 Å². The summed E-state index contributed by atoms with van der Waals surface area (Å²) in [6, 6.07) is 12.9. The molecule has 6 nitrogen and oxygen atoms in total. The average molecular weight is 322 g/mol. The van der Waals surface area contributed by atoms with E-state index in [0.717, 1.165) is 17.0 Å². The van der Waals surface area contributed by atoms with Crippen LogP contribution < -0.4 is 10.1 Å². The molecule has 2 heterocycles. The molecule has 0 radical (unpaired) electrons. The van der Waals surface area contributed by atoms with Crippen LogP contribution in [0.15, 0.2) is 54.9 Å². The maximum atomic E-state index is 12.2. The quantitative estimate of drug-likeness (QED) is 0.783. The summed E-state index contributed by atoms with van der Waals surface area (Å²) in [5, 5.41) is 7.32. The molecule has 1 aromatic carbocycles. The fraction of sp³-hybridized carbons (Fsp3) is 0.167. The summed E-state index contributed by atoms with van der Waals surface area (Å²) in [5.41, 5.74) is 3.36. The predicted molar refractivity (Wildman–Crippen MR) is 90.6 cm³/mol. The number of benzene rings is 1. The van der Waals surface area contributed by atoms with Crippen LogP contribution in [0.1, 0.15) is 16.1 Å². The second-order valence-corrected chi connectivity index (χ2v) is 5.30. The number of carbonyl (C=O) groups is 1. The molecule has 1 N–H and O–H groups in total. The van der Waals surface area contributed by atoms with Crippen molar-refractivity contribution in [1.82, 2.24) is 20.1 Å². The summed E-state index contributed by atoms with van der Waals surface area (Å²) in [6.07, 6.45) is 3.49. The molecule has 0 atom stereocenters. The molecule has 3 rings (SSSR count). The van der Waals surface area contributed by atoms with Crippen LogP contribution in [0.5, 0.6) is 5.75 Å². The highest BCUT2D eigenvalue weighted by Crippen LogP contribution is 2.19. The van der Waals surface area contributed by atoms with Gasteiger partial charge in [-0.25, -0.2) is 0 Å². The van der Waals surface area contributed by atoms with Crippen LogP contribution in [-0.4, -0.2) is 27.8 Å². The number of aromatic nitrogens is 3. The van der Waals surface area contributed by atoms with Crippen molar-refractivity contribution in [3.05, 3.63) is 66.1 Å². The van der Waals surface area contributed by atoms with Crippen LogP contribution in [0.25, 0.3) is 11.3 Å². The van der Waals surface area contributed by atoms with Gasteiger partial charge in [-0.2, -0.15) is 5.10 Å². The minimum atomic E-state index is -0.162. The third kappa shape index (κ3) is 3.43. The molecule has 1 amide bonds. The Balaban J connectivity index is 1.70. The Morgan fingerprint density at radius 1 is 1.21 bits per heavy atom. The van der Waals surface area contributed by atoms with Crippen LogP contribution in [0.3, 0.4) is 0 Å². The highest BCUT2D eigenvalue weighted by Gasteiger charge is 2.10. The van der Waals surface area contributed by atoms with Crippen LogP contribution in [0.4, 0.5) is 0 Å². The summed E-state index contributed by atoms with van der Waals surface area (Å²) < 4.78 is 6.93. The Hall–Kier alpha value is -3.15. The molecule has 0 aliphatic rings. The normalized spacial score (nSPS) is 10.4. The van der Waals surface area contributed by atoms with E-state index in [0.29, 0.717) is 17.9 Å². The van der Waals surface area contributed by atoms with Gasteiger partial charge in [-0.3, -0.25) is 14.5 Å². The molecule has 122 valence electrons. The molecule has 6 heteroatoms. The van der Waals surface area contributed by atoms with Crippen molar-refractivity contribution in [3.63, 3.8) is 0 Å². The van der Waals surface area contributed by atoms with E-state index < -0.39 is 0 Å². The SMILES string of the molecule is COc1cccc(C(=O)NCc2cc(-c3ccncc3)n(C)n2)c1. The zero-order chi connectivity index (χ0) is 16.9. The predicted octanol–water partition coefficient (Wildman–Crippen LogP) is 2.42.